The van der Waals surface area contributed by atoms with E-state index in [-0.39, 0.29) is 17.7 Å². The molecule has 4 rings (SSSR count). The van der Waals surface area contributed by atoms with Crippen LogP contribution in [0.4, 0.5) is 9.18 Å². The third-order valence-electron chi connectivity index (χ3n) is 5.59. The Labute approximate surface area is 197 Å². The van der Waals surface area contributed by atoms with E-state index < -0.39 is 16.6 Å². The van der Waals surface area contributed by atoms with Gasteiger partial charge in [0, 0.05) is 40.6 Å². The average Bonchev–Trinajstić information content (AvgIpc) is 3.32. The molecule has 2 atom stereocenters. The number of carbonyl (C=O) groups is 1. The molecule has 1 saturated heterocycles. The molecule has 33 heavy (non-hydrogen) atoms. The molecular weight excluding hydrogens is 471 g/mol. The van der Waals surface area contributed by atoms with Crippen LogP contribution in [0.2, 0.25) is 0 Å². The fraction of sp³-hybridized carbons (Fsp3) is 0.476. The van der Waals surface area contributed by atoms with Gasteiger partial charge in [-0.05, 0) is 62.1 Å². The Kier molecular flexibility index (Phi) is 8.03. The summed E-state index contributed by atoms with van der Waals surface area (Å²) in [5, 5.41) is 4.93. The van der Waals surface area contributed by atoms with Crippen molar-refractivity contribution in [1.82, 2.24) is 19.5 Å². The molecule has 1 aromatic carbocycles. The van der Waals surface area contributed by atoms with Gasteiger partial charge in [-0.25, -0.2) is 18.7 Å². The van der Waals surface area contributed by atoms with Crippen LogP contribution in [-0.2, 0) is 15.5 Å². The molecule has 2 N–H and O–H groups in total. The molecule has 0 spiro atoms. The lowest BCUT2D eigenvalue weighted by molar-refractivity contribution is 0.0656. The third kappa shape index (κ3) is 5.50. The molecule has 0 aliphatic carbocycles. The quantitative estimate of drug-likeness (QED) is 0.515. The zero-order valence-corrected chi connectivity index (χ0v) is 20.2. The maximum Gasteiger partial charge on any atom is 0.409 e. The zero-order valence-electron chi connectivity index (χ0n) is 18.6. The van der Waals surface area contributed by atoms with Crippen LogP contribution >= 0.6 is 11.3 Å². The van der Waals surface area contributed by atoms with E-state index in [1.807, 2.05) is 6.92 Å². The topological polar surface area (TPSA) is 118 Å². The highest BCUT2D eigenvalue weighted by Crippen LogP contribution is 2.30. The van der Waals surface area contributed by atoms with Crippen LogP contribution in [0.1, 0.15) is 26.7 Å². The van der Waals surface area contributed by atoms with E-state index in [1.54, 1.807) is 34.7 Å². The summed E-state index contributed by atoms with van der Waals surface area (Å²) >= 11 is 1.29. The predicted molar refractivity (Wildman–Crippen MR) is 124 cm³/mol. The lowest BCUT2D eigenvalue weighted by Gasteiger charge is -2.33. The van der Waals surface area contributed by atoms with Crippen molar-refractivity contribution in [1.29, 1.82) is 0 Å². The van der Waals surface area contributed by atoms with Gasteiger partial charge in [-0.1, -0.05) is 0 Å². The molecule has 2 aromatic heterocycles. The molecule has 3 heterocycles. The SMILES string of the molecule is CCOC(=O)N1CCC([C@H](C)Oc2nn3cc(-c4ccc(S(C)=O)cc4F)nc3s2)CC1.O. The number of carbonyl (C=O) groups excluding carboxylic acids is 1. The zero-order chi connectivity index (χ0) is 22.8. The van der Waals surface area contributed by atoms with Crippen LogP contribution in [0.15, 0.2) is 29.3 Å². The van der Waals surface area contributed by atoms with Crippen molar-refractivity contribution in [2.75, 3.05) is 26.0 Å². The highest BCUT2D eigenvalue weighted by atomic mass is 32.2. The first-order valence-corrected chi connectivity index (χ1v) is 12.8. The maximum absolute atomic E-state index is 14.5. The van der Waals surface area contributed by atoms with Crippen LogP contribution in [0.5, 0.6) is 5.19 Å². The second-order valence-corrected chi connectivity index (χ2v) is 9.96. The van der Waals surface area contributed by atoms with Crippen molar-refractivity contribution >= 4 is 33.2 Å². The van der Waals surface area contributed by atoms with Gasteiger partial charge >= 0.3 is 6.09 Å². The van der Waals surface area contributed by atoms with Crippen LogP contribution in [0, 0.1) is 11.7 Å². The van der Waals surface area contributed by atoms with Gasteiger partial charge in [0.05, 0.1) is 18.5 Å². The Morgan fingerprint density at radius 3 is 2.70 bits per heavy atom. The maximum atomic E-state index is 14.5. The Morgan fingerprint density at radius 2 is 2.09 bits per heavy atom. The number of rotatable bonds is 6. The van der Waals surface area contributed by atoms with Gasteiger partial charge in [-0.3, -0.25) is 4.21 Å². The van der Waals surface area contributed by atoms with Gasteiger partial charge in [0.15, 0.2) is 0 Å². The Bertz CT molecular complexity index is 1110. The molecule has 1 amide bonds. The Hall–Kier alpha value is -2.57. The number of halogens is 1. The number of imidazole rings is 1. The lowest BCUT2D eigenvalue weighted by atomic mass is 9.92. The summed E-state index contributed by atoms with van der Waals surface area (Å²) in [6.45, 7) is 5.49. The van der Waals surface area contributed by atoms with Crippen molar-refractivity contribution in [3.8, 4) is 16.5 Å². The van der Waals surface area contributed by atoms with Crippen LogP contribution in [0.3, 0.4) is 0 Å². The third-order valence-corrected chi connectivity index (χ3v) is 7.32. The van der Waals surface area contributed by atoms with Gasteiger partial charge in [0.2, 0.25) is 4.96 Å². The van der Waals surface area contributed by atoms with Gasteiger partial charge in [-0.15, -0.1) is 5.10 Å². The number of hydrogen-bond acceptors (Lipinski definition) is 7. The minimum absolute atomic E-state index is 0. The summed E-state index contributed by atoms with van der Waals surface area (Å²) in [6, 6.07) is 4.50. The molecule has 1 aliphatic rings. The Morgan fingerprint density at radius 1 is 1.36 bits per heavy atom. The molecule has 12 heteroatoms. The average molecular weight is 499 g/mol. The largest absolute Gasteiger partial charge is 0.466 e. The molecule has 9 nitrogen and oxygen atoms in total. The van der Waals surface area contributed by atoms with Crippen molar-refractivity contribution in [2.24, 2.45) is 5.92 Å². The fourth-order valence-electron chi connectivity index (χ4n) is 3.76. The van der Waals surface area contributed by atoms with Crippen molar-refractivity contribution in [3.05, 3.63) is 30.2 Å². The number of ether oxygens (including phenoxy) is 2. The van der Waals surface area contributed by atoms with Gasteiger partial charge in [-0.2, -0.15) is 0 Å². The lowest BCUT2D eigenvalue weighted by Crippen LogP contribution is -2.42. The molecule has 1 fully saturated rings. The summed E-state index contributed by atoms with van der Waals surface area (Å²) in [5.74, 6) is -0.160. The van der Waals surface area contributed by atoms with E-state index in [9.17, 15) is 13.4 Å². The number of likely N-dealkylation sites (tertiary alicyclic amines) is 1. The van der Waals surface area contributed by atoms with E-state index >= 15 is 0 Å². The molecule has 1 unspecified atom stereocenters. The summed E-state index contributed by atoms with van der Waals surface area (Å²) in [6.07, 6.45) is 4.52. The predicted octanol–water partition coefficient (Wildman–Crippen LogP) is 3.15. The summed E-state index contributed by atoms with van der Waals surface area (Å²) < 4.78 is 38.7. The number of aromatic nitrogens is 3. The van der Waals surface area contributed by atoms with Crippen molar-refractivity contribution in [3.63, 3.8) is 0 Å². The van der Waals surface area contributed by atoms with Crippen LogP contribution < -0.4 is 4.74 Å². The second kappa shape index (κ2) is 10.6. The number of piperidine rings is 1. The van der Waals surface area contributed by atoms with Gasteiger partial charge in [0.1, 0.15) is 11.9 Å². The molecule has 1 aliphatic heterocycles. The first-order chi connectivity index (χ1) is 15.4. The van der Waals surface area contributed by atoms with Crippen LogP contribution in [-0.4, -0.2) is 67.3 Å². The summed E-state index contributed by atoms with van der Waals surface area (Å²) in [5.41, 5.74) is 0.793. The van der Waals surface area contributed by atoms with Crippen LogP contribution in [0.25, 0.3) is 16.2 Å². The van der Waals surface area contributed by atoms with Gasteiger partial charge < -0.3 is 19.8 Å². The van der Waals surface area contributed by atoms with Gasteiger partial charge in [0.25, 0.3) is 5.19 Å². The molecule has 0 saturated carbocycles. The minimum atomic E-state index is -1.25. The van der Waals surface area contributed by atoms with E-state index in [0.29, 0.717) is 51.9 Å². The standard InChI is InChI=1S/C21H25FN4O4S2.H2O/c1-4-29-21(27)25-9-7-14(8-10-25)13(2)30-20-24-26-12-18(23-19(26)31-20)16-6-5-15(32(3)28)11-17(16)22;/h5-6,11-14H,4,7-10H2,1-3H3;1H2/t13-,32?;/m0./s1. The fourth-order valence-corrected chi connectivity index (χ4v) is 5.11. The summed E-state index contributed by atoms with van der Waals surface area (Å²) in [7, 11) is -1.25. The normalized spacial score (nSPS) is 16.3. The minimum Gasteiger partial charge on any atom is -0.466 e. The second-order valence-electron chi connectivity index (χ2n) is 7.66. The number of hydrogen-bond donors (Lipinski definition) is 0. The van der Waals surface area contributed by atoms with Crippen molar-refractivity contribution in [2.45, 2.75) is 37.7 Å². The highest BCUT2D eigenvalue weighted by molar-refractivity contribution is 7.84. The van der Waals surface area contributed by atoms with Crippen molar-refractivity contribution < 1.29 is 28.3 Å². The number of fused-ring (bicyclic) bond motifs is 1. The molecule has 0 radical (unpaired) electrons. The van der Waals surface area contributed by atoms with E-state index in [2.05, 4.69) is 10.1 Å². The highest BCUT2D eigenvalue weighted by Gasteiger charge is 2.28. The monoisotopic (exact) mass is 498 g/mol. The molecule has 180 valence electrons. The summed E-state index contributed by atoms with van der Waals surface area (Å²) in [4.78, 5) is 19.1. The molecular formula is C21H27FN4O5S2. The van der Waals surface area contributed by atoms with E-state index in [0.717, 1.165) is 12.8 Å². The first-order valence-electron chi connectivity index (χ1n) is 10.4. The molecule has 3 aromatic rings. The first kappa shape index (κ1) is 25.1. The number of amides is 1. The number of nitrogens with zero attached hydrogens (tertiary/aromatic N) is 4. The van der Waals surface area contributed by atoms with E-state index in [1.165, 1.54) is 23.7 Å². The smallest absolute Gasteiger partial charge is 0.409 e. The number of benzene rings is 1. The molecule has 0 bridgehead atoms. The van der Waals surface area contributed by atoms with E-state index in [4.69, 9.17) is 9.47 Å². The Balaban J connectivity index is 0.00000306.